The number of hydrogen-bond donors (Lipinski definition) is 2. The minimum atomic E-state index is 0.0731. The normalized spacial score (nSPS) is 12.9. The molecule has 1 unspecified atom stereocenters. The lowest BCUT2D eigenvalue weighted by atomic mass is 10.1. The molecule has 98 valence electrons. The summed E-state index contributed by atoms with van der Waals surface area (Å²) in [5.74, 6) is 5.64. The number of halogens is 1. The monoisotopic (exact) mass is 284 g/mol. The Balaban J connectivity index is 2.19. The topological polar surface area (TPSA) is 55.9 Å². The zero-order valence-corrected chi connectivity index (χ0v) is 12.1. The van der Waals surface area contributed by atoms with Gasteiger partial charge in [-0.1, -0.05) is 11.6 Å². The number of nitrogens with zero attached hydrogens (tertiary/aromatic N) is 2. The fourth-order valence-corrected chi connectivity index (χ4v) is 3.12. The molecule has 1 atom stereocenters. The second-order valence-electron chi connectivity index (χ2n) is 4.16. The van der Waals surface area contributed by atoms with Crippen molar-refractivity contribution in [3.63, 3.8) is 0 Å². The van der Waals surface area contributed by atoms with Gasteiger partial charge in [0.25, 0.3) is 0 Å². The Bertz CT molecular complexity index is 520. The number of rotatable bonds is 5. The van der Waals surface area contributed by atoms with Gasteiger partial charge in [-0.25, -0.2) is 0 Å². The number of hydrazine groups is 1. The predicted molar refractivity (Wildman–Crippen MR) is 75.7 cm³/mol. The summed E-state index contributed by atoms with van der Waals surface area (Å²) in [6.07, 6.45) is 0.808. The van der Waals surface area contributed by atoms with Gasteiger partial charge in [0.1, 0.15) is 0 Å². The van der Waals surface area contributed by atoms with Crippen LogP contribution in [0.2, 0.25) is 4.34 Å². The van der Waals surface area contributed by atoms with Crippen molar-refractivity contribution in [3.8, 4) is 0 Å². The van der Waals surface area contributed by atoms with Crippen LogP contribution in [0.25, 0.3) is 0 Å². The summed E-state index contributed by atoms with van der Waals surface area (Å²) >= 11 is 7.51. The van der Waals surface area contributed by atoms with Crippen LogP contribution in [-0.2, 0) is 13.0 Å². The molecule has 6 heteroatoms. The molecular weight excluding hydrogens is 268 g/mol. The third-order valence-electron chi connectivity index (χ3n) is 2.84. The number of hydrogen-bond acceptors (Lipinski definition) is 4. The summed E-state index contributed by atoms with van der Waals surface area (Å²) in [6.45, 7) is 4.96. The molecule has 0 saturated carbocycles. The Morgan fingerprint density at radius 1 is 1.56 bits per heavy atom. The van der Waals surface area contributed by atoms with E-state index in [2.05, 4.69) is 23.5 Å². The minimum absolute atomic E-state index is 0.0731. The van der Waals surface area contributed by atoms with Crippen molar-refractivity contribution in [2.45, 2.75) is 32.9 Å². The lowest BCUT2D eigenvalue weighted by molar-refractivity contribution is 0.523. The summed E-state index contributed by atoms with van der Waals surface area (Å²) in [5.41, 5.74) is 5.07. The van der Waals surface area contributed by atoms with Gasteiger partial charge in [-0.15, -0.1) is 11.3 Å². The molecule has 2 aromatic rings. The lowest BCUT2D eigenvalue weighted by Crippen LogP contribution is -2.29. The Morgan fingerprint density at radius 3 is 2.89 bits per heavy atom. The van der Waals surface area contributed by atoms with Gasteiger partial charge in [0, 0.05) is 23.5 Å². The average Bonchev–Trinajstić information content (AvgIpc) is 2.92. The van der Waals surface area contributed by atoms with Crippen molar-refractivity contribution in [2.75, 3.05) is 0 Å². The Morgan fingerprint density at radius 2 is 2.33 bits per heavy atom. The lowest BCUT2D eigenvalue weighted by Gasteiger charge is -2.14. The molecule has 0 spiro atoms. The molecule has 0 bridgehead atoms. The van der Waals surface area contributed by atoms with Crippen LogP contribution >= 0.6 is 22.9 Å². The second kappa shape index (κ2) is 5.84. The quantitative estimate of drug-likeness (QED) is 0.656. The molecule has 3 N–H and O–H groups in total. The minimum Gasteiger partial charge on any atom is -0.271 e. The largest absolute Gasteiger partial charge is 0.271 e. The fraction of sp³-hybridized carbons (Fsp3) is 0.417. The van der Waals surface area contributed by atoms with Crippen molar-refractivity contribution in [3.05, 3.63) is 38.8 Å². The molecule has 0 aromatic carbocycles. The average molecular weight is 285 g/mol. The van der Waals surface area contributed by atoms with E-state index in [0.29, 0.717) is 0 Å². The third kappa shape index (κ3) is 2.92. The van der Waals surface area contributed by atoms with Crippen molar-refractivity contribution < 1.29 is 0 Å². The molecule has 18 heavy (non-hydrogen) atoms. The number of aromatic nitrogens is 2. The van der Waals surface area contributed by atoms with Crippen LogP contribution in [0.1, 0.15) is 29.2 Å². The number of aryl methyl sites for hydroxylation is 2. The summed E-state index contributed by atoms with van der Waals surface area (Å²) in [4.78, 5) is 1.14. The van der Waals surface area contributed by atoms with Crippen LogP contribution in [-0.4, -0.2) is 9.78 Å². The highest BCUT2D eigenvalue weighted by Gasteiger charge is 2.15. The SMILES string of the molecule is CCn1nc(C)cc1CC(NN)c1ccc(Cl)s1. The molecule has 2 rings (SSSR count). The highest BCUT2D eigenvalue weighted by atomic mass is 35.5. The molecule has 0 aliphatic rings. The zero-order chi connectivity index (χ0) is 13.1. The highest BCUT2D eigenvalue weighted by Crippen LogP contribution is 2.28. The first-order chi connectivity index (χ1) is 8.63. The van der Waals surface area contributed by atoms with E-state index in [1.54, 1.807) is 11.3 Å². The molecular formula is C12H17ClN4S. The smallest absolute Gasteiger partial charge is 0.0931 e. The molecule has 0 aliphatic carbocycles. The van der Waals surface area contributed by atoms with Gasteiger partial charge in [-0.05, 0) is 32.0 Å². The van der Waals surface area contributed by atoms with Crippen LogP contribution < -0.4 is 11.3 Å². The first kappa shape index (κ1) is 13.5. The summed E-state index contributed by atoms with van der Waals surface area (Å²) in [5, 5.41) is 4.44. The van der Waals surface area contributed by atoms with E-state index in [1.807, 2.05) is 23.7 Å². The maximum Gasteiger partial charge on any atom is 0.0931 e. The van der Waals surface area contributed by atoms with E-state index in [0.717, 1.165) is 27.9 Å². The second-order valence-corrected chi connectivity index (χ2v) is 5.90. The predicted octanol–water partition coefficient (Wildman–Crippen LogP) is 2.67. The van der Waals surface area contributed by atoms with Crippen LogP contribution in [0.15, 0.2) is 18.2 Å². The first-order valence-corrected chi connectivity index (χ1v) is 7.08. The summed E-state index contributed by atoms with van der Waals surface area (Å²) in [6, 6.07) is 6.08. The van der Waals surface area contributed by atoms with E-state index in [-0.39, 0.29) is 6.04 Å². The molecule has 0 fully saturated rings. The van der Waals surface area contributed by atoms with Gasteiger partial charge in [0.2, 0.25) is 0 Å². The van der Waals surface area contributed by atoms with Crippen molar-refractivity contribution in [2.24, 2.45) is 5.84 Å². The third-order valence-corrected chi connectivity index (χ3v) is 4.18. The van der Waals surface area contributed by atoms with Gasteiger partial charge in [-0.2, -0.15) is 5.10 Å². The van der Waals surface area contributed by atoms with Gasteiger partial charge in [0.15, 0.2) is 0 Å². The van der Waals surface area contributed by atoms with E-state index in [1.165, 1.54) is 5.69 Å². The van der Waals surface area contributed by atoms with Crippen molar-refractivity contribution in [1.29, 1.82) is 0 Å². The Labute approximate surface area is 116 Å². The standard InChI is InChI=1S/C12H17ClN4S/c1-3-17-9(6-8(2)16-17)7-10(15-14)11-4-5-12(13)18-11/h4-6,10,15H,3,7,14H2,1-2H3. The van der Waals surface area contributed by atoms with Crippen LogP contribution in [0.3, 0.4) is 0 Å². The van der Waals surface area contributed by atoms with E-state index in [9.17, 15) is 0 Å². The Kier molecular flexibility index (Phi) is 4.40. The maximum absolute atomic E-state index is 5.96. The molecule has 0 saturated heterocycles. The molecule has 2 aromatic heterocycles. The van der Waals surface area contributed by atoms with Crippen LogP contribution in [0.5, 0.6) is 0 Å². The molecule has 2 heterocycles. The van der Waals surface area contributed by atoms with Gasteiger partial charge in [0.05, 0.1) is 16.1 Å². The van der Waals surface area contributed by atoms with Gasteiger partial charge in [-0.3, -0.25) is 16.0 Å². The van der Waals surface area contributed by atoms with Crippen molar-refractivity contribution >= 4 is 22.9 Å². The van der Waals surface area contributed by atoms with Gasteiger partial charge < -0.3 is 0 Å². The summed E-state index contributed by atoms with van der Waals surface area (Å²) < 4.78 is 2.79. The number of nitrogens with two attached hydrogens (primary N) is 1. The highest BCUT2D eigenvalue weighted by molar-refractivity contribution is 7.16. The molecule has 0 aliphatic heterocycles. The number of thiophene rings is 1. The number of nitrogens with one attached hydrogen (secondary N) is 1. The zero-order valence-electron chi connectivity index (χ0n) is 10.5. The molecule has 0 amide bonds. The summed E-state index contributed by atoms with van der Waals surface area (Å²) in [7, 11) is 0. The fourth-order valence-electron chi connectivity index (χ4n) is 2.00. The Hall–Kier alpha value is -0.880. The van der Waals surface area contributed by atoms with Crippen LogP contribution in [0.4, 0.5) is 0 Å². The van der Waals surface area contributed by atoms with Crippen molar-refractivity contribution in [1.82, 2.24) is 15.2 Å². The molecule has 4 nitrogen and oxygen atoms in total. The van der Waals surface area contributed by atoms with Gasteiger partial charge >= 0.3 is 0 Å². The van der Waals surface area contributed by atoms with E-state index >= 15 is 0 Å². The van der Waals surface area contributed by atoms with Crippen LogP contribution in [0, 0.1) is 6.92 Å². The first-order valence-electron chi connectivity index (χ1n) is 5.88. The van der Waals surface area contributed by atoms with E-state index in [4.69, 9.17) is 17.4 Å². The maximum atomic E-state index is 5.96. The van der Waals surface area contributed by atoms with E-state index < -0.39 is 0 Å². The molecule has 0 radical (unpaired) electrons.